The lowest BCUT2D eigenvalue weighted by atomic mass is 10.1. The Morgan fingerprint density at radius 1 is 0.971 bits per heavy atom. The number of rotatable bonds is 8. The number of aryl methyl sites for hydroxylation is 1. The van der Waals surface area contributed by atoms with Crippen LogP contribution in [0.1, 0.15) is 32.7 Å². The highest BCUT2D eigenvalue weighted by Gasteiger charge is 2.07. The van der Waals surface area contributed by atoms with E-state index in [9.17, 15) is 4.79 Å². The van der Waals surface area contributed by atoms with Gasteiger partial charge >= 0.3 is 0 Å². The van der Waals surface area contributed by atoms with Gasteiger partial charge in [-0.05, 0) is 53.9 Å². The van der Waals surface area contributed by atoms with Gasteiger partial charge in [0.1, 0.15) is 18.0 Å². The molecule has 0 radical (unpaired) electrons. The first-order valence-electron chi connectivity index (χ1n) is 11.1. The molecule has 1 N–H and O–H groups in total. The molecule has 5 rings (SSSR count). The quantitative estimate of drug-likeness (QED) is 0.380. The molecule has 170 valence electrons. The zero-order valence-corrected chi connectivity index (χ0v) is 18.9. The van der Waals surface area contributed by atoms with Gasteiger partial charge < -0.3 is 19.0 Å². The first kappa shape index (κ1) is 21.5. The van der Waals surface area contributed by atoms with Crippen LogP contribution in [0.4, 0.5) is 0 Å². The fourth-order valence-corrected chi connectivity index (χ4v) is 3.72. The number of fused-ring (bicyclic) bond motifs is 1. The summed E-state index contributed by atoms with van der Waals surface area (Å²) in [5.41, 5.74) is 5.74. The summed E-state index contributed by atoms with van der Waals surface area (Å²) in [6, 6.07) is 19.4. The average Bonchev–Trinajstić information content (AvgIpc) is 3.51. The van der Waals surface area contributed by atoms with Gasteiger partial charge in [0.25, 0.3) is 5.91 Å². The average molecular weight is 452 g/mol. The van der Waals surface area contributed by atoms with Gasteiger partial charge in [-0.2, -0.15) is 0 Å². The van der Waals surface area contributed by atoms with E-state index in [0.29, 0.717) is 24.5 Å². The van der Waals surface area contributed by atoms with Crippen molar-refractivity contribution in [2.45, 2.75) is 26.6 Å². The second kappa shape index (κ2) is 9.62. The second-order valence-electron chi connectivity index (χ2n) is 8.25. The highest BCUT2D eigenvalue weighted by atomic mass is 16.5. The molecule has 0 aliphatic rings. The Kier molecular flexibility index (Phi) is 6.07. The molecule has 5 aromatic rings. The minimum absolute atomic E-state index is 0.121. The number of hydrogen-bond donors (Lipinski definition) is 1. The maximum Gasteiger partial charge on any atom is 0.251 e. The van der Waals surface area contributed by atoms with Crippen LogP contribution in [0.3, 0.4) is 0 Å². The van der Waals surface area contributed by atoms with E-state index in [0.717, 1.165) is 23.4 Å². The van der Waals surface area contributed by atoms with Crippen LogP contribution >= 0.6 is 0 Å². The Morgan fingerprint density at radius 3 is 2.53 bits per heavy atom. The topological polar surface area (TPSA) is 73.4 Å². The van der Waals surface area contributed by atoms with Crippen LogP contribution in [0.15, 0.2) is 91.8 Å². The number of amides is 1. The fraction of sp³-hybridized carbons (Fsp3) is 0.148. The van der Waals surface area contributed by atoms with E-state index in [2.05, 4.69) is 27.4 Å². The maximum absolute atomic E-state index is 12.5. The van der Waals surface area contributed by atoms with E-state index in [1.165, 1.54) is 11.1 Å². The molecule has 3 aromatic heterocycles. The third-order valence-corrected chi connectivity index (χ3v) is 5.55. The predicted molar refractivity (Wildman–Crippen MR) is 130 cm³/mol. The van der Waals surface area contributed by atoms with Crippen molar-refractivity contribution < 1.29 is 9.53 Å². The van der Waals surface area contributed by atoms with E-state index >= 15 is 0 Å². The zero-order chi connectivity index (χ0) is 23.3. The molecule has 7 nitrogen and oxygen atoms in total. The summed E-state index contributed by atoms with van der Waals surface area (Å²) in [5, 5.41) is 2.97. The molecule has 0 spiro atoms. The van der Waals surface area contributed by atoms with Crippen LogP contribution < -0.4 is 10.1 Å². The highest BCUT2D eigenvalue weighted by Crippen LogP contribution is 2.15. The van der Waals surface area contributed by atoms with Crippen LogP contribution in [-0.2, 0) is 19.7 Å². The molecule has 0 fully saturated rings. The molecule has 0 aliphatic heterocycles. The number of hydrogen-bond acceptors (Lipinski definition) is 4. The van der Waals surface area contributed by atoms with Crippen molar-refractivity contribution in [1.82, 2.24) is 24.3 Å². The number of carbonyl (C=O) groups excluding carboxylic acids is 1. The van der Waals surface area contributed by atoms with E-state index < -0.39 is 0 Å². The van der Waals surface area contributed by atoms with E-state index in [4.69, 9.17) is 4.74 Å². The highest BCUT2D eigenvalue weighted by molar-refractivity contribution is 5.94. The summed E-state index contributed by atoms with van der Waals surface area (Å²) in [6.07, 6.45) is 9.50. The second-order valence-corrected chi connectivity index (χ2v) is 8.25. The van der Waals surface area contributed by atoms with Crippen LogP contribution in [0.25, 0.3) is 5.65 Å². The molecule has 1 amide bonds. The van der Waals surface area contributed by atoms with Crippen molar-refractivity contribution in [3.63, 3.8) is 0 Å². The van der Waals surface area contributed by atoms with Gasteiger partial charge in [-0.15, -0.1) is 0 Å². The SMILES string of the molecule is Cc1ccc2nc(COc3ccc(C(=O)NCc4ccc(Cn5ccnc5)cc4)cc3)cn2c1. The Balaban J connectivity index is 1.12. The molecule has 7 heteroatoms. The smallest absolute Gasteiger partial charge is 0.251 e. The summed E-state index contributed by atoms with van der Waals surface area (Å²) in [5.74, 6) is 0.572. The molecular formula is C27H25N5O2. The predicted octanol–water partition coefficient (Wildman–Crippen LogP) is 4.40. The van der Waals surface area contributed by atoms with Crippen LogP contribution in [-0.4, -0.2) is 24.8 Å². The monoisotopic (exact) mass is 451 g/mol. The van der Waals surface area contributed by atoms with Gasteiger partial charge in [-0.3, -0.25) is 4.79 Å². The van der Waals surface area contributed by atoms with Crippen LogP contribution in [0.5, 0.6) is 5.75 Å². The van der Waals surface area contributed by atoms with Gasteiger partial charge in [0.05, 0.1) is 12.0 Å². The van der Waals surface area contributed by atoms with Crippen molar-refractivity contribution in [2.24, 2.45) is 0 Å². The Hall–Kier alpha value is -4.39. The van der Waals surface area contributed by atoms with E-state index in [-0.39, 0.29) is 5.91 Å². The van der Waals surface area contributed by atoms with Gasteiger partial charge in [0.15, 0.2) is 0 Å². The van der Waals surface area contributed by atoms with Gasteiger partial charge in [-0.25, -0.2) is 9.97 Å². The maximum atomic E-state index is 12.5. The van der Waals surface area contributed by atoms with Crippen molar-refractivity contribution in [2.75, 3.05) is 0 Å². The summed E-state index contributed by atoms with van der Waals surface area (Å²) >= 11 is 0. The fourth-order valence-electron chi connectivity index (χ4n) is 3.72. The number of imidazole rings is 2. The van der Waals surface area contributed by atoms with Crippen molar-refractivity contribution in [3.05, 3.63) is 120 Å². The van der Waals surface area contributed by atoms with E-state index in [1.54, 1.807) is 36.8 Å². The van der Waals surface area contributed by atoms with Crippen molar-refractivity contribution in [3.8, 4) is 5.75 Å². The molecule has 0 saturated heterocycles. The molecule has 0 unspecified atom stereocenters. The number of aromatic nitrogens is 4. The largest absolute Gasteiger partial charge is 0.487 e. The first-order valence-corrected chi connectivity index (χ1v) is 11.1. The number of benzene rings is 2. The molecule has 2 aromatic carbocycles. The zero-order valence-electron chi connectivity index (χ0n) is 18.9. The lowest BCUT2D eigenvalue weighted by Gasteiger charge is -2.08. The molecule has 0 atom stereocenters. The Labute approximate surface area is 197 Å². The van der Waals surface area contributed by atoms with Gasteiger partial charge in [0.2, 0.25) is 0 Å². The third kappa shape index (κ3) is 5.15. The number of nitrogens with one attached hydrogen (secondary N) is 1. The molecule has 3 heterocycles. The molecule has 0 saturated carbocycles. The number of nitrogens with zero attached hydrogens (tertiary/aromatic N) is 4. The first-order chi connectivity index (χ1) is 16.6. The molecule has 0 bridgehead atoms. The molecular weight excluding hydrogens is 426 g/mol. The van der Waals surface area contributed by atoms with Crippen LogP contribution in [0.2, 0.25) is 0 Å². The summed E-state index contributed by atoms with van der Waals surface area (Å²) in [6.45, 7) is 3.66. The molecule has 0 aliphatic carbocycles. The normalized spacial score (nSPS) is 11.0. The number of pyridine rings is 1. The third-order valence-electron chi connectivity index (χ3n) is 5.55. The number of carbonyl (C=O) groups is 1. The van der Waals surface area contributed by atoms with Crippen LogP contribution in [0, 0.1) is 6.92 Å². The minimum atomic E-state index is -0.121. The standard InChI is InChI=1S/C27H25N5O2/c1-20-2-11-26-30-24(17-32(26)15-20)18-34-25-9-7-23(8-10-25)27(33)29-14-21-3-5-22(6-4-21)16-31-13-12-28-19-31/h2-13,15,17,19H,14,16,18H2,1H3,(H,29,33). The lowest BCUT2D eigenvalue weighted by molar-refractivity contribution is 0.0951. The summed E-state index contributed by atoms with van der Waals surface area (Å²) < 4.78 is 9.86. The van der Waals surface area contributed by atoms with E-state index in [1.807, 2.05) is 58.7 Å². The summed E-state index contributed by atoms with van der Waals surface area (Å²) in [7, 11) is 0. The van der Waals surface area contributed by atoms with Crippen molar-refractivity contribution >= 4 is 11.6 Å². The van der Waals surface area contributed by atoms with Gasteiger partial charge in [0, 0.05) is 43.4 Å². The Bertz CT molecular complexity index is 1390. The van der Waals surface area contributed by atoms with Gasteiger partial charge in [-0.1, -0.05) is 30.3 Å². The molecule has 34 heavy (non-hydrogen) atoms. The lowest BCUT2D eigenvalue weighted by Crippen LogP contribution is -2.22. The minimum Gasteiger partial charge on any atom is -0.487 e. The summed E-state index contributed by atoms with van der Waals surface area (Å²) in [4.78, 5) is 21.2. The van der Waals surface area contributed by atoms with Crippen molar-refractivity contribution in [1.29, 1.82) is 0 Å². The number of ether oxygens (including phenoxy) is 1. The Morgan fingerprint density at radius 2 is 1.76 bits per heavy atom.